The number of nitrogens with one attached hydrogen (secondary N) is 1. The Morgan fingerprint density at radius 3 is 2.45 bits per heavy atom. The highest BCUT2D eigenvalue weighted by Gasteiger charge is 2.20. The number of carbonyl (C=O) groups is 1. The lowest BCUT2D eigenvalue weighted by Gasteiger charge is -2.22. The van der Waals surface area contributed by atoms with Gasteiger partial charge in [-0.2, -0.15) is 0 Å². The molecule has 0 aliphatic carbocycles. The van der Waals surface area contributed by atoms with Crippen molar-refractivity contribution in [2.75, 3.05) is 13.1 Å². The van der Waals surface area contributed by atoms with Gasteiger partial charge in [0.05, 0.1) is 0 Å². The summed E-state index contributed by atoms with van der Waals surface area (Å²) in [5.74, 6) is 0.514. The van der Waals surface area contributed by atoms with Crippen molar-refractivity contribution in [1.82, 2.24) is 24.0 Å². The van der Waals surface area contributed by atoms with Crippen LogP contribution in [0.2, 0.25) is 0 Å². The first-order valence-corrected chi connectivity index (χ1v) is 9.47. The molecule has 0 atom stereocenters. The summed E-state index contributed by atoms with van der Waals surface area (Å²) in [6.07, 6.45) is 4.22. The quantitative estimate of drug-likeness (QED) is 0.551. The maximum Gasteiger partial charge on any atom is 0.332 e. The molecule has 0 radical (unpaired) electrons. The Hall–Kier alpha value is -1.46. The van der Waals surface area contributed by atoms with Gasteiger partial charge in [-0.1, -0.05) is 0 Å². The van der Waals surface area contributed by atoms with E-state index in [1.165, 1.54) is 4.57 Å². The van der Waals surface area contributed by atoms with Crippen LogP contribution in [0, 0.1) is 5.92 Å². The summed E-state index contributed by atoms with van der Waals surface area (Å²) in [5, 5.41) is 12.1. The highest BCUT2D eigenvalue weighted by molar-refractivity contribution is 8.93. The average molecular weight is 539 g/mol. The second-order valence-electron chi connectivity index (χ2n) is 7.29. The van der Waals surface area contributed by atoms with E-state index in [1.807, 2.05) is 11.6 Å². The Morgan fingerprint density at radius 2 is 1.83 bits per heavy atom. The summed E-state index contributed by atoms with van der Waals surface area (Å²) < 4.78 is 4.36. The fraction of sp³-hybridized carbons (Fsp3) is 0.667. The lowest BCUT2D eigenvalue weighted by molar-refractivity contribution is -0.137. The normalized spacial score (nSPS) is 14.4. The van der Waals surface area contributed by atoms with E-state index in [0.717, 1.165) is 49.2 Å². The number of piperidine rings is 1. The van der Waals surface area contributed by atoms with Gasteiger partial charge in [0.25, 0.3) is 5.56 Å². The van der Waals surface area contributed by atoms with Crippen LogP contribution < -0.4 is 16.6 Å². The molecule has 1 saturated heterocycles. The molecule has 1 aliphatic heterocycles. The number of rotatable bonds is 7. The van der Waals surface area contributed by atoms with Gasteiger partial charge in [-0.15, -0.1) is 34.0 Å². The van der Waals surface area contributed by atoms with E-state index in [2.05, 4.69) is 10.3 Å². The second-order valence-corrected chi connectivity index (χ2v) is 7.29. The zero-order valence-electron chi connectivity index (χ0n) is 16.7. The van der Waals surface area contributed by atoms with Crippen LogP contribution >= 0.6 is 34.0 Å². The summed E-state index contributed by atoms with van der Waals surface area (Å²) in [6.45, 7) is 2.17. The van der Waals surface area contributed by atoms with Crippen LogP contribution in [0.25, 0.3) is 11.2 Å². The molecule has 0 spiro atoms. The van der Waals surface area contributed by atoms with Crippen molar-refractivity contribution in [2.45, 2.75) is 45.1 Å². The highest BCUT2D eigenvalue weighted by atomic mass is 79.9. The molecular formula is C18H29Br2N5O4. The SMILES string of the molecule is Br.Br.Cn1c(CCC2CCNCC2)nc2c(=O)n(CCCC(=O)O)c(=O)n(C)c21. The van der Waals surface area contributed by atoms with Crippen LogP contribution in [0.1, 0.15) is 37.9 Å². The summed E-state index contributed by atoms with van der Waals surface area (Å²) in [6, 6.07) is 0. The number of carboxylic acids is 1. The molecule has 3 rings (SSSR count). The van der Waals surface area contributed by atoms with E-state index >= 15 is 0 Å². The monoisotopic (exact) mass is 537 g/mol. The van der Waals surface area contributed by atoms with E-state index in [-0.39, 0.29) is 58.9 Å². The van der Waals surface area contributed by atoms with Crippen LogP contribution in [0.15, 0.2) is 9.59 Å². The van der Waals surface area contributed by atoms with Crippen molar-refractivity contribution in [3.63, 3.8) is 0 Å². The Morgan fingerprint density at radius 1 is 1.17 bits per heavy atom. The minimum atomic E-state index is -0.945. The Bertz CT molecular complexity index is 960. The van der Waals surface area contributed by atoms with Gasteiger partial charge in [0.1, 0.15) is 11.5 Å². The maximum atomic E-state index is 12.8. The number of fused-ring (bicyclic) bond motifs is 1. The molecule has 164 valence electrons. The average Bonchev–Trinajstić information content (AvgIpc) is 2.98. The predicted octanol–water partition coefficient (Wildman–Crippen LogP) is 1.39. The molecule has 0 bridgehead atoms. The molecule has 2 N–H and O–H groups in total. The largest absolute Gasteiger partial charge is 0.481 e. The minimum absolute atomic E-state index is 0. The molecular weight excluding hydrogens is 510 g/mol. The first kappa shape index (κ1) is 25.6. The number of carboxylic acid groups (broad SMARTS) is 1. The molecule has 9 nitrogen and oxygen atoms in total. The smallest absolute Gasteiger partial charge is 0.332 e. The number of nitrogens with zero attached hydrogens (tertiary/aromatic N) is 4. The van der Waals surface area contributed by atoms with Gasteiger partial charge in [0, 0.05) is 33.5 Å². The lowest BCUT2D eigenvalue weighted by Crippen LogP contribution is -2.39. The summed E-state index contributed by atoms with van der Waals surface area (Å²) in [4.78, 5) is 40.6. The molecule has 1 fully saturated rings. The van der Waals surface area contributed by atoms with Crippen LogP contribution in [0.3, 0.4) is 0 Å². The van der Waals surface area contributed by atoms with Gasteiger partial charge in [-0.05, 0) is 44.7 Å². The standard InChI is InChI=1S/C18H27N5O4.2BrH/c1-21-13(6-5-12-7-9-19-10-8-12)20-15-16(21)22(2)18(27)23(17(15)26)11-3-4-14(24)25;;/h12,19H,3-11H2,1-2H3,(H,24,25);2*1H. The van der Waals surface area contributed by atoms with E-state index < -0.39 is 17.2 Å². The van der Waals surface area contributed by atoms with Crippen LogP contribution in [0.4, 0.5) is 0 Å². The van der Waals surface area contributed by atoms with Crippen LogP contribution in [-0.4, -0.2) is 42.9 Å². The summed E-state index contributed by atoms with van der Waals surface area (Å²) >= 11 is 0. The van der Waals surface area contributed by atoms with E-state index in [1.54, 1.807) is 7.05 Å². The van der Waals surface area contributed by atoms with Gasteiger partial charge >= 0.3 is 11.7 Å². The zero-order chi connectivity index (χ0) is 19.6. The first-order valence-electron chi connectivity index (χ1n) is 9.47. The number of aryl methyl sites for hydroxylation is 3. The molecule has 11 heteroatoms. The number of hydrogen-bond acceptors (Lipinski definition) is 5. The van der Waals surface area contributed by atoms with Crippen molar-refractivity contribution in [1.29, 1.82) is 0 Å². The summed E-state index contributed by atoms with van der Waals surface area (Å²) in [7, 11) is 3.46. The van der Waals surface area contributed by atoms with Gasteiger partial charge in [-0.25, -0.2) is 9.78 Å². The molecule has 29 heavy (non-hydrogen) atoms. The van der Waals surface area contributed by atoms with Gasteiger partial charge < -0.3 is 15.0 Å². The third-order valence-corrected chi connectivity index (χ3v) is 5.45. The fourth-order valence-corrected chi connectivity index (χ4v) is 3.86. The molecule has 0 aromatic carbocycles. The third-order valence-electron chi connectivity index (χ3n) is 5.45. The molecule has 2 aromatic heterocycles. The van der Waals surface area contributed by atoms with Gasteiger partial charge in [0.2, 0.25) is 0 Å². The third kappa shape index (κ3) is 5.58. The first-order chi connectivity index (χ1) is 12.9. The van der Waals surface area contributed by atoms with Crippen molar-refractivity contribution in [3.05, 3.63) is 26.7 Å². The molecule has 0 unspecified atom stereocenters. The van der Waals surface area contributed by atoms with Crippen molar-refractivity contribution < 1.29 is 9.90 Å². The molecule has 0 amide bonds. The topological polar surface area (TPSA) is 111 Å². The molecule has 1 aliphatic rings. The molecule has 3 heterocycles. The lowest BCUT2D eigenvalue weighted by atomic mass is 9.93. The number of aromatic nitrogens is 4. The Kier molecular flexibility index (Phi) is 9.77. The maximum absolute atomic E-state index is 12.8. The van der Waals surface area contributed by atoms with Crippen LogP contribution in [0.5, 0.6) is 0 Å². The second kappa shape index (κ2) is 11.1. The van der Waals surface area contributed by atoms with Gasteiger partial charge in [-0.3, -0.25) is 18.7 Å². The van der Waals surface area contributed by atoms with Crippen molar-refractivity contribution >= 4 is 51.1 Å². The highest BCUT2D eigenvalue weighted by Crippen LogP contribution is 2.19. The predicted molar refractivity (Wildman–Crippen MR) is 122 cm³/mol. The summed E-state index contributed by atoms with van der Waals surface area (Å²) in [5.41, 5.74) is -0.0944. The van der Waals surface area contributed by atoms with Gasteiger partial charge in [0.15, 0.2) is 5.52 Å². The Balaban J connectivity index is 0.00000210. The number of imidazole rings is 1. The van der Waals surface area contributed by atoms with Crippen LogP contribution in [-0.2, 0) is 31.9 Å². The van der Waals surface area contributed by atoms with E-state index in [9.17, 15) is 14.4 Å². The Labute approximate surface area is 189 Å². The number of aliphatic carboxylic acids is 1. The van der Waals surface area contributed by atoms with E-state index in [0.29, 0.717) is 11.6 Å². The fourth-order valence-electron chi connectivity index (χ4n) is 3.86. The molecule has 0 saturated carbocycles. The number of hydrogen-bond donors (Lipinski definition) is 2. The van der Waals surface area contributed by atoms with Crippen molar-refractivity contribution in [2.24, 2.45) is 20.0 Å². The van der Waals surface area contributed by atoms with E-state index in [4.69, 9.17) is 5.11 Å². The zero-order valence-corrected chi connectivity index (χ0v) is 20.1. The van der Waals surface area contributed by atoms with Crippen molar-refractivity contribution in [3.8, 4) is 0 Å². The number of halogens is 2. The minimum Gasteiger partial charge on any atom is -0.481 e. The molecule has 2 aromatic rings.